The summed E-state index contributed by atoms with van der Waals surface area (Å²) < 4.78 is 23.5. The first-order valence-electron chi connectivity index (χ1n) is 8.65. The van der Waals surface area contributed by atoms with Gasteiger partial charge in [0.25, 0.3) is 5.91 Å². The number of aromatic nitrogens is 1. The number of hydrogen-bond donors (Lipinski definition) is 1. The minimum atomic E-state index is -3.07. The highest BCUT2D eigenvalue weighted by Gasteiger charge is 2.34. The second-order valence-corrected chi connectivity index (χ2v) is 8.66. The molecule has 1 aliphatic heterocycles. The molecule has 1 aliphatic rings. The van der Waals surface area contributed by atoms with Crippen molar-refractivity contribution in [2.24, 2.45) is 0 Å². The van der Waals surface area contributed by atoms with Gasteiger partial charge in [0.2, 0.25) is 0 Å². The van der Waals surface area contributed by atoms with Crippen molar-refractivity contribution in [3.63, 3.8) is 0 Å². The van der Waals surface area contributed by atoms with Gasteiger partial charge >= 0.3 is 0 Å². The Morgan fingerprint density at radius 1 is 1.33 bits per heavy atom. The molecular formula is C19H20N4O3S. The molecule has 1 atom stereocenters. The molecule has 0 saturated carbocycles. The Labute approximate surface area is 158 Å². The lowest BCUT2D eigenvalue weighted by atomic mass is 10.1. The van der Waals surface area contributed by atoms with E-state index in [9.17, 15) is 13.2 Å². The van der Waals surface area contributed by atoms with Crippen LogP contribution in [0, 0.1) is 11.3 Å². The molecule has 2 aromatic rings. The molecule has 1 fully saturated rings. The average molecular weight is 384 g/mol. The van der Waals surface area contributed by atoms with Crippen LogP contribution in [0.1, 0.15) is 29.3 Å². The molecule has 1 amide bonds. The van der Waals surface area contributed by atoms with Gasteiger partial charge in [0.15, 0.2) is 9.84 Å². The first-order chi connectivity index (χ1) is 12.9. The van der Waals surface area contributed by atoms with E-state index >= 15 is 0 Å². The number of carbonyl (C=O) groups is 1. The maximum absolute atomic E-state index is 12.9. The average Bonchev–Trinajstić information content (AvgIpc) is 3.02. The summed E-state index contributed by atoms with van der Waals surface area (Å²) in [5.41, 5.74) is 2.25. The second-order valence-electron chi connectivity index (χ2n) is 6.43. The summed E-state index contributed by atoms with van der Waals surface area (Å²) in [6.45, 7) is 2.27. The van der Waals surface area contributed by atoms with Gasteiger partial charge in [0.1, 0.15) is 0 Å². The van der Waals surface area contributed by atoms with Crippen molar-refractivity contribution in [2.75, 3.05) is 23.4 Å². The quantitative estimate of drug-likeness (QED) is 0.849. The fourth-order valence-electron chi connectivity index (χ4n) is 3.21. The van der Waals surface area contributed by atoms with Gasteiger partial charge in [0, 0.05) is 24.5 Å². The summed E-state index contributed by atoms with van der Waals surface area (Å²) in [5, 5.41) is 12.1. The molecule has 1 aromatic heterocycles. The summed E-state index contributed by atoms with van der Waals surface area (Å²) >= 11 is 0. The van der Waals surface area contributed by atoms with Crippen LogP contribution in [0.3, 0.4) is 0 Å². The minimum Gasteiger partial charge on any atom is -0.354 e. The third kappa shape index (κ3) is 4.44. The highest BCUT2D eigenvalue weighted by molar-refractivity contribution is 7.91. The van der Waals surface area contributed by atoms with Gasteiger partial charge in [-0.3, -0.25) is 9.78 Å². The number of hydrogen-bond acceptors (Lipinski definition) is 6. The van der Waals surface area contributed by atoms with Gasteiger partial charge in [-0.15, -0.1) is 0 Å². The normalized spacial score (nSPS) is 17.9. The number of rotatable bonds is 5. The van der Waals surface area contributed by atoms with Crippen LogP contribution >= 0.6 is 0 Å². The molecule has 0 radical (unpaired) electrons. The largest absolute Gasteiger partial charge is 0.354 e. The Morgan fingerprint density at radius 2 is 2.15 bits per heavy atom. The van der Waals surface area contributed by atoms with E-state index in [0.717, 1.165) is 5.69 Å². The number of anilines is 2. The first-order valence-corrected chi connectivity index (χ1v) is 10.5. The molecule has 0 spiro atoms. The van der Waals surface area contributed by atoms with Crippen molar-refractivity contribution < 1.29 is 13.2 Å². The Kier molecular flexibility index (Phi) is 5.42. The van der Waals surface area contributed by atoms with Crippen LogP contribution in [0.25, 0.3) is 0 Å². The van der Waals surface area contributed by atoms with Gasteiger partial charge < -0.3 is 10.2 Å². The molecule has 0 bridgehead atoms. The summed E-state index contributed by atoms with van der Waals surface area (Å²) in [4.78, 5) is 18.6. The Balaban J connectivity index is 1.79. The van der Waals surface area contributed by atoms with Crippen LogP contribution in [-0.2, 0) is 9.84 Å². The molecule has 140 valence electrons. The molecular weight excluding hydrogens is 364 g/mol. The molecule has 1 aromatic carbocycles. The number of sulfone groups is 1. The minimum absolute atomic E-state index is 0.0128. The number of nitriles is 1. The maximum atomic E-state index is 12.9. The molecule has 2 heterocycles. The standard InChI is InChI=1S/C19H20N4O3S/c1-2-23(18-6-7-27(25,26)13-18)19(24)15-9-17(12-21-11-15)22-16-5-3-4-14(8-16)10-20/h3-5,8-9,11-12,18,22H,2,6-7,13H2,1H3. The maximum Gasteiger partial charge on any atom is 0.255 e. The van der Waals surface area contributed by atoms with E-state index in [2.05, 4.69) is 16.4 Å². The van der Waals surface area contributed by atoms with Crippen LogP contribution in [0.5, 0.6) is 0 Å². The highest BCUT2D eigenvalue weighted by Crippen LogP contribution is 2.22. The SMILES string of the molecule is CCN(C(=O)c1cncc(Nc2cccc(C#N)c2)c1)C1CCS(=O)(=O)C1. The smallest absolute Gasteiger partial charge is 0.255 e. The van der Waals surface area contributed by atoms with E-state index in [1.807, 2.05) is 13.0 Å². The van der Waals surface area contributed by atoms with Crippen molar-refractivity contribution in [3.8, 4) is 6.07 Å². The zero-order chi connectivity index (χ0) is 19.4. The highest BCUT2D eigenvalue weighted by atomic mass is 32.2. The van der Waals surface area contributed by atoms with E-state index in [1.54, 1.807) is 35.4 Å². The summed E-state index contributed by atoms with van der Waals surface area (Å²) in [6.07, 6.45) is 3.53. The van der Waals surface area contributed by atoms with Crippen molar-refractivity contribution in [3.05, 3.63) is 53.9 Å². The van der Waals surface area contributed by atoms with Crippen LogP contribution in [0.4, 0.5) is 11.4 Å². The second kappa shape index (κ2) is 7.76. The van der Waals surface area contributed by atoms with Crippen LogP contribution in [-0.4, -0.2) is 48.3 Å². The van der Waals surface area contributed by atoms with Crippen molar-refractivity contribution >= 4 is 27.1 Å². The van der Waals surface area contributed by atoms with E-state index in [4.69, 9.17) is 5.26 Å². The number of pyridine rings is 1. The van der Waals surface area contributed by atoms with E-state index in [0.29, 0.717) is 29.8 Å². The van der Waals surface area contributed by atoms with Gasteiger partial charge in [-0.05, 0) is 37.6 Å². The van der Waals surface area contributed by atoms with Gasteiger partial charge in [-0.1, -0.05) is 6.07 Å². The van der Waals surface area contributed by atoms with Crippen LogP contribution < -0.4 is 5.32 Å². The zero-order valence-electron chi connectivity index (χ0n) is 14.9. The number of nitrogens with zero attached hydrogens (tertiary/aromatic N) is 3. The molecule has 1 saturated heterocycles. The lowest BCUT2D eigenvalue weighted by molar-refractivity contribution is 0.0708. The lowest BCUT2D eigenvalue weighted by Gasteiger charge is -2.27. The van der Waals surface area contributed by atoms with E-state index in [1.165, 1.54) is 6.20 Å². The van der Waals surface area contributed by atoms with Crippen molar-refractivity contribution in [1.82, 2.24) is 9.88 Å². The van der Waals surface area contributed by atoms with E-state index in [-0.39, 0.29) is 23.5 Å². The number of benzene rings is 1. The summed E-state index contributed by atoms with van der Waals surface area (Å²) in [5.74, 6) is -0.100. The predicted molar refractivity (Wildman–Crippen MR) is 102 cm³/mol. The van der Waals surface area contributed by atoms with E-state index < -0.39 is 9.84 Å². The molecule has 3 rings (SSSR count). The molecule has 8 heteroatoms. The molecule has 0 aliphatic carbocycles. The topological polar surface area (TPSA) is 103 Å². The van der Waals surface area contributed by atoms with Crippen LogP contribution in [0.15, 0.2) is 42.7 Å². The Bertz CT molecular complexity index is 998. The first kappa shape index (κ1) is 18.9. The third-order valence-corrected chi connectivity index (χ3v) is 6.27. The lowest BCUT2D eigenvalue weighted by Crippen LogP contribution is -2.41. The van der Waals surface area contributed by atoms with Crippen LogP contribution in [0.2, 0.25) is 0 Å². The zero-order valence-corrected chi connectivity index (χ0v) is 15.7. The third-order valence-electron chi connectivity index (χ3n) is 4.52. The van der Waals surface area contributed by atoms with Crippen molar-refractivity contribution in [1.29, 1.82) is 5.26 Å². The number of nitrogens with one attached hydrogen (secondary N) is 1. The summed E-state index contributed by atoms with van der Waals surface area (Å²) in [6, 6.07) is 10.5. The fourth-order valence-corrected chi connectivity index (χ4v) is 4.94. The van der Waals surface area contributed by atoms with Gasteiger partial charge in [-0.25, -0.2) is 8.42 Å². The molecule has 1 unspecified atom stereocenters. The number of amides is 1. The Hall–Kier alpha value is -2.92. The monoisotopic (exact) mass is 384 g/mol. The fraction of sp³-hybridized carbons (Fsp3) is 0.316. The van der Waals surface area contributed by atoms with Gasteiger partial charge in [0.05, 0.1) is 40.6 Å². The Morgan fingerprint density at radius 3 is 2.81 bits per heavy atom. The molecule has 1 N–H and O–H groups in total. The predicted octanol–water partition coefficient (Wildman–Crippen LogP) is 2.35. The molecule has 7 nitrogen and oxygen atoms in total. The van der Waals surface area contributed by atoms with Gasteiger partial charge in [-0.2, -0.15) is 5.26 Å². The van der Waals surface area contributed by atoms with Crippen molar-refractivity contribution in [2.45, 2.75) is 19.4 Å². The number of carbonyl (C=O) groups excluding carboxylic acids is 1. The molecule has 27 heavy (non-hydrogen) atoms. The summed E-state index contributed by atoms with van der Waals surface area (Å²) in [7, 11) is -3.07.